The van der Waals surface area contributed by atoms with Crippen LogP contribution in [-0.4, -0.2) is 69.0 Å². The Labute approximate surface area is 302 Å². The van der Waals surface area contributed by atoms with Crippen LogP contribution in [0.15, 0.2) is 70.4 Å². The van der Waals surface area contributed by atoms with E-state index in [-0.39, 0.29) is 42.4 Å². The molecule has 4 N–H and O–H groups in total. The van der Waals surface area contributed by atoms with E-state index < -0.39 is 30.4 Å². The first kappa shape index (κ1) is 45.2. The number of aliphatic hydroxyl groups is 4. The number of cyclic esters (lactones) is 1. The summed E-state index contributed by atoms with van der Waals surface area (Å²) in [4.78, 5) is 25.8. The maximum Gasteiger partial charge on any atom is 0.331 e. The third kappa shape index (κ3) is 20.2. The topological polar surface area (TPSA) is 134 Å². The van der Waals surface area contributed by atoms with Gasteiger partial charge in [0.05, 0.1) is 24.4 Å². The number of esters is 2. The lowest BCUT2D eigenvalue weighted by atomic mass is 9.89. The summed E-state index contributed by atoms with van der Waals surface area (Å²) in [6.07, 6.45) is 15.0. The third-order valence-corrected chi connectivity index (χ3v) is 9.13. The van der Waals surface area contributed by atoms with Gasteiger partial charge in [-0.25, -0.2) is 4.79 Å². The smallest absolute Gasteiger partial charge is 0.331 e. The zero-order valence-electron chi connectivity index (χ0n) is 32.5. The molecule has 0 fully saturated rings. The van der Waals surface area contributed by atoms with Gasteiger partial charge in [-0.05, 0) is 105 Å². The van der Waals surface area contributed by atoms with Gasteiger partial charge in [0.1, 0.15) is 12.2 Å². The number of carbonyl (C=O) groups excluding carboxylic acids is 2. The Morgan fingerprint density at radius 3 is 2.24 bits per heavy atom. The molecule has 1 aliphatic rings. The lowest BCUT2D eigenvalue weighted by Crippen LogP contribution is -2.28. The van der Waals surface area contributed by atoms with Crippen LogP contribution < -0.4 is 0 Å². The first-order chi connectivity index (χ1) is 23.4. The molecule has 0 unspecified atom stereocenters. The standard InChI is InChI=1S/C42H68O8/c1-27(14-17-37(45)25-35(9)43)20-30(4)21-28(2)16-19-42(48)49-39-12-11-13-41(47)50-40(18-15-29(3)22-33(39)7)34(8)24-31(5)23-32(6)38(46)26-36(10)44/h14-16,19-21,23,32-40,43-46H,11-13,17-18,22,24-26H2,1-10H3/b19-16+,27-14+,28-21+,29-15+,30-20+,31-23+/t32-,33+,34+,35+,36-,37-,38-,39+,40-/m1/s1. The Morgan fingerprint density at radius 1 is 0.960 bits per heavy atom. The van der Waals surface area contributed by atoms with Crippen LogP contribution in [0.25, 0.3) is 0 Å². The number of ether oxygens (including phenoxy) is 2. The SMILES string of the molecule is CC(=C\C[C@@H](O)C[C@H](C)O)/C=C(C)/C=C(C)/C=C/C(=O)O[C@H]1CCCC(=O)O[C@@H]([C@@H](C)C/C(C)=C/[C@@H](C)[C@H](O)C[C@@H](C)O)C/C=C(\C)C[C@@H]1C. The molecule has 0 aromatic carbocycles. The summed E-state index contributed by atoms with van der Waals surface area (Å²) in [5.41, 5.74) is 5.18. The fourth-order valence-electron chi connectivity index (χ4n) is 6.47. The fraction of sp³-hybridized carbons (Fsp3) is 0.667. The van der Waals surface area contributed by atoms with Gasteiger partial charge in [0.15, 0.2) is 0 Å². The maximum atomic E-state index is 12.9. The van der Waals surface area contributed by atoms with Crippen LogP contribution in [0, 0.1) is 17.8 Å². The van der Waals surface area contributed by atoms with E-state index in [0.717, 1.165) is 40.7 Å². The Hall–Kier alpha value is -2.78. The molecule has 8 heteroatoms. The van der Waals surface area contributed by atoms with Crippen molar-refractivity contribution in [2.24, 2.45) is 17.8 Å². The van der Waals surface area contributed by atoms with E-state index in [1.54, 1.807) is 19.9 Å². The summed E-state index contributed by atoms with van der Waals surface area (Å²) in [6.45, 7) is 19.4. The second-order valence-corrected chi connectivity index (χ2v) is 15.1. The van der Waals surface area contributed by atoms with E-state index >= 15 is 0 Å². The molecule has 1 aliphatic heterocycles. The largest absolute Gasteiger partial charge is 0.462 e. The molecule has 0 saturated carbocycles. The molecule has 8 nitrogen and oxygen atoms in total. The van der Waals surface area contributed by atoms with Crippen molar-refractivity contribution < 1.29 is 39.5 Å². The van der Waals surface area contributed by atoms with Crippen LogP contribution in [0.3, 0.4) is 0 Å². The van der Waals surface area contributed by atoms with Crippen molar-refractivity contribution in [3.63, 3.8) is 0 Å². The Kier molecular flexibility index (Phi) is 21.4. The van der Waals surface area contributed by atoms with Crippen LogP contribution in [0.5, 0.6) is 0 Å². The Balaban J connectivity index is 2.87. The highest BCUT2D eigenvalue weighted by molar-refractivity contribution is 5.82. The molecule has 0 aliphatic carbocycles. The fourth-order valence-corrected chi connectivity index (χ4v) is 6.47. The van der Waals surface area contributed by atoms with E-state index in [0.29, 0.717) is 38.5 Å². The summed E-state index contributed by atoms with van der Waals surface area (Å²) in [5.74, 6) is -0.598. The highest BCUT2D eigenvalue weighted by atomic mass is 16.5. The minimum absolute atomic E-state index is 0.0744. The van der Waals surface area contributed by atoms with Crippen molar-refractivity contribution >= 4 is 11.9 Å². The van der Waals surface area contributed by atoms with Crippen molar-refractivity contribution in [3.05, 3.63) is 70.4 Å². The molecule has 50 heavy (non-hydrogen) atoms. The van der Waals surface area contributed by atoms with Crippen molar-refractivity contribution in [1.82, 2.24) is 0 Å². The summed E-state index contributed by atoms with van der Waals surface area (Å²) >= 11 is 0. The number of aliphatic hydroxyl groups excluding tert-OH is 4. The zero-order valence-corrected chi connectivity index (χ0v) is 32.5. The van der Waals surface area contributed by atoms with Gasteiger partial charge in [0.25, 0.3) is 0 Å². The van der Waals surface area contributed by atoms with Crippen LogP contribution in [0.2, 0.25) is 0 Å². The average Bonchev–Trinajstić information content (AvgIpc) is 2.99. The summed E-state index contributed by atoms with van der Waals surface area (Å²) in [7, 11) is 0. The van der Waals surface area contributed by atoms with Crippen molar-refractivity contribution in [1.29, 1.82) is 0 Å². The predicted octanol–water partition coefficient (Wildman–Crippen LogP) is 8.01. The van der Waals surface area contributed by atoms with Gasteiger partial charge in [0, 0.05) is 24.8 Å². The third-order valence-electron chi connectivity index (χ3n) is 9.13. The van der Waals surface area contributed by atoms with Crippen LogP contribution in [0.1, 0.15) is 127 Å². The normalized spacial score (nSPS) is 25.7. The van der Waals surface area contributed by atoms with E-state index in [2.05, 4.69) is 26.8 Å². The van der Waals surface area contributed by atoms with E-state index in [1.165, 1.54) is 6.08 Å². The molecule has 1 heterocycles. The number of rotatable bonds is 16. The highest BCUT2D eigenvalue weighted by Gasteiger charge is 2.26. The van der Waals surface area contributed by atoms with Crippen LogP contribution in [-0.2, 0) is 19.1 Å². The lowest BCUT2D eigenvalue weighted by Gasteiger charge is -2.27. The van der Waals surface area contributed by atoms with E-state index in [4.69, 9.17) is 9.47 Å². The molecular formula is C42H68O8. The lowest BCUT2D eigenvalue weighted by molar-refractivity contribution is -0.152. The number of allylic oxidation sites excluding steroid dienone is 8. The van der Waals surface area contributed by atoms with Crippen LogP contribution >= 0.6 is 0 Å². The molecule has 0 saturated heterocycles. The Morgan fingerprint density at radius 2 is 1.60 bits per heavy atom. The van der Waals surface area contributed by atoms with Gasteiger partial charge in [-0.1, -0.05) is 85.1 Å². The first-order valence-electron chi connectivity index (χ1n) is 18.5. The van der Waals surface area contributed by atoms with E-state index in [9.17, 15) is 30.0 Å². The van der Waals surface area contributed by atoms with Gasteiger partial charge in [-0.15, -0.1) is 0 Å². The monoisotopic (exact) mass is 700 g/mol. The van der Waals surface area contributed by atoms with Gasteiger partial charge < -0.3 is 29.9 Å². The summed E-state index contributed by atoms with van der Waals surface area (Å²) in [5, 5.41) is 39.4. The molecule has 0 bridgehead atoms. The quantitative estimate of drug-likeness (QED) is 0.0551. The van der Waals surface area contributed by atoms with Crippen molar-refractivity contribution in [3.8, 4) is 0 Å². The molecule has 0 amide bonds. The second-order valence-electron chi connectivity index (χ2n) is 15.1. The van der Waals surface area contributed by atoms with Crippen LogP contribution in [0.4, 0.5) is 0 Å². The van der Waals surface area contributed by atoms with Gasteiger partial charge >= 0.3 is 11.9 Å². The molecule has 0 aromatic rings. The Bertz CT molecular complexity index is 1230. The van der Waals surface area contributed by atoms with Gasteiger partial charge in [-0.2, -0.15) is 0 Å². The zero-order chi connectivity index (χ0) is 38.0. The predicted molar refractivity (Wildman–Crippen MR) is 202 cm³/mol. The molecule has 1 rings (SSSR count). The number of hydrogen-bond acceptors (Lipinski definition) is 8. The molecule has 0 radical (unpaired) electrons. The molecule has 9 atom stereocenters. The van der Waals surface area contributed by atoms with Gasteiger partial charge in [-0.3, -0.25) is 4.79 Å². The number of carbonyl (C=O) groups is 2. The summed E-state index contributed by atoms with van der Waals surface area (Å²) < 4.78 is 11.9. The molecule has 0 aromatic heterocycles. The minimum atomic E-state index is -0.614. The maximum absolute atomic E-state index is 12.9. The molecule has 0 spiro atoms. The number of hydrogen-bond donors (Lipinski definition) is 4. The van der Waals surface area contributed by atoms with Crippen molar-refractivity contribution in [2.75, 3.05) is 0 Å². The molecular weight excluding hydrogens is 632 g/mol. The highest BCUT2D eigenvalue weighted by Crippen LogP contribution is 2.27. The summed E-state index contributed by atoms with van der Waals surface area (Å²) in [6, 6.07) is 0. The average molecular weight is 701 g/mol. The van der Waals surface area contributed by atoms with Crippen molar-refractivity contribution in [2.45, 2.75) is 164 Å². The van der Waals surface area contributed by atoms with E-state index in [1.807, 2.05) is 58.9 Å². The molecule has 284 valence electrons. The van der Waals surface area contributed by atoms with Gasteiger partial charge in [0.2, 0.25) is 0 Å². The second kappa shape index (κ2) is 23.6. The minimum Gasteiger partial charge on any atom is -0.462 e. The first-order valence-corrected chi connectivity index (χ1v) is 18.5.